The molecule has 0 amide bonds. The number of nitrogens with zero attached hydrogens (tertiary/aromatic N) is 2. The van der Waals surface area contributed by atoms with Crippen molar-refractivity contribution in [2.75, 3.05) is 13.7 Å². The Balaban J connectivity index is 1.77. The Morgan fingerprint density at radius 3 is 2.35 bits per heavy atom. The summed E-state index contributed by atoms with van der Waals surface area (Å²) >= 11 is 0. The van der Waals surface area contributed by atoms with Crippen molar-refractivity contribution in [1.82, 2.24) is 9.88 Å². The van der Waals surface area contributed by atoms with Gasteiger partial charge in [0.05, 0.1) is 7.11 Å². The summed E-state index contributed by atoms with van der Waals surface area (Å²) in [6, 6.07) is 27.5. The minimum Gasteiger partial charge on any atom is -0.497 e. The molecule has 0 saturated heterocycles. The second-order valence-corrected chi connectivity index (χ2v) is 7.23. The van der Waals surface area contributed by atoms with Gasteiger partial charge in [0.15, 0.2) is 0 Å². The van der Waals surface area contributed by atoms with E-state index in [9.17, 15) is 10.1 Å². The Labute approximate surface area is 181 Å². The number of methoxy groups -OCH3 is 1. The first kappa shape index (κ1) is 20.4. The van der Waals surface area contributed by atoms with Crippen molar-refractivity contribution in [1.29, 1.82) is 5.26 Å². The molecule has 0 radical (unpaired) electrons. The molecule has 0 atom stereocenters. The fourth-order valence-electron chi connectivity index (χ4n) is 3.80. The number of nitriles is 1. The van der Waals surface area contributed by atoms with E-state index in [-0.39, 0.29) is 5.56 Å². The zero-order valence-electron chi connectivity index (χ0n) is 17.3. The van der Waals surface area contributed by atoms with Gasteiger partial charge in [0.25, 0.3) is 5.56 Å². The van der Waals surface area contributed by atoms with E-state index < -0.39 is 0 Å². The first-order valence-electron chi connectivity index (χ1n) is 10.2. The van der Waals surface area contributed by atoms with Crippen molar-refractivity contribution in [3.8, 4) is 22.9 Å². The highest BCUT2D eigenvalue weighted by molar-refractivity contribution is 5.99. The van der Waals surface area contributed by atoms with E-state index in [2.05, 4.69) is 23.5 Å². The van der Waals surface area contributed by atoms with E-state index in [0.29, 0.717) is 36.5 Å². The Morgan fingerprint density at radius 1 is 0.968 bits per heavy atom. The average Bonchev–Trinajstić information content (AvgIpc) is 2.83. The minimum absolute atomic E-state index is 0.171. The van der Waals surface area contributed by atoms with Gasteiger partial charge >= 0.3 is 0 Å². The van der Waals surface area contributed by atoms with Gasteiger partial charge in [-0.05, 0) is 29.3 Å². The van der Waals surface area contributed by atoms with Crippen molar-refractivity contribution in [3.63, 3.8) is 0 Å². The van der Waals surface area contributed by atoms with Crippen LogP contribution in [0.4, 0.5) is 0 Å². The van der Waals surface area contributed by atoms with Crippen LogP contribution >= 0.6 is 0 Å². The molecule has 5 heteroatoms. The number of pyridine rings is 1. The van der Waals surface area contributed by atoms with Crippen molar-refractivity contribution >= 4 is 10.8 Å². The summed E-state index contributed by atoms with van der Waals surface area (Å²) in [5.74, 6) is 0.648. The maximum absolute atomic E-state index is 13.3. The normalized spacial score (nSPS) is 10.7. The SMILES string of the molecule is COc1ccc2c(=O)n(CCNCc3ccccc3)c(C#N)c(-c3ccccc3)c2c1. The van der Waals surface area contributed by atoms with Crippen molar-refractivity contribution in [3.05, 3.63) is 100 Å². The van der Waals surface area contributed by atoms with Gasteiger partial charge in [0.1, 0.15) is 17.5 Å². The number of hydrogen-bond donors (Lipinski definition) is 1. The fraction of sp³-hybridized carbons (Fsp3) is 0.154. The zero-order chi connectivity index (χ0) is 21.6. The highest BCUT2D eigenvalue weighted by atomic mass is 16.5. The van der Waals surface area contributed by atoms with Crippen molar-refractivity contribution in [2.45, 2.75) is 13.1 Å². The molecular weight excluding hydrogens is 386 g/mol. The molecule has 0 fully saturated rings. The number of nitrogens with one attached hydrogen (secondary N) is 1. The van der Waals surface area contributed by atoms with Crippen LogP contribution in [0.15, 0.2) is 83.7 Å². The standard InChI is InChI=1S/C26H23N3O2/c1-31-21-12-13-22-23(16-21)25(20-10-6-3-7-11-20)24(17-27)29(26(22)30)15-14-28-18-19-8-4-2-5-9-19/h2-13,16,28H,14-15,18H2,1H3. The lowest BCUT2D eigenvalue weighted by atomic mass is 9.97. The van der Waals surface area contributed by atoms with Gasteiger partial charge in [-0.1, -0.05) is 60.7 Å². The van der Waals surface area contributed by atoms with Crippen LogP contribution in [0.1, 0.15) is 11.3 Å². The molecule has 0 aliphatic carbocycles. The molecule has 0 aliphatic rings. The Morgan fingerprint density at radius 2 is 1.68 bits per heavy atom. The first-order chi connectivity index (χ1) is 15.2. The highest BCUT2D eigenvalue weighted by Crippen LogP contribution is 2.32. The monoisotopic (exact) mass is 409 g/mol. The summed E-state index contributed by atoms with van der Waals surface area (Å²) in [6.45, 7) is 1.67. The summed E-state index contributed by atoms with van der Waals surface area (Å²) in [4.78, 5) is 13.3. The third-order valence-electron chi connectivity index (χ3n) is 5.33. The molecule has 1 heterocycles. The van der Waals surface area contributed by atoms with Gasteiger partial charge in [-0.2, -0.15) is 5.26 Å². The van der Waals surface area contributed by atoms with E-state index in [0.717, 1.165) is 16.5 Å². The molecule has 0 saturated carbocycles. The second-order valence-electron chi connectivity index (χ2n) is 7.23. The number of benzene rings is 3. The molecule has 4 rings (SSSR count). The third kappa shape index (κ3) is 4.20. The summed E-state index contributed by atoms with van der Waals surface area (Å²) in [5.41, 5.74) is 3.00. The first-order valence-corrected chi connectivity index (χ1v) is 10.2. The topological polar surface area (TPSA) is 67.0 Å². The number of aromatic nitrogens is 1. The molecule has 0 unspecified atom stereocenters. The summed E-state index contributed by atoms with van der Waals surface area (Å²) in [6.07, 6.45) is 0. The van der Waals surface area contributed by atoms with Crippen LogP contribution in [-0.4, -0.2) is 18.2 Å². The predicted octanol–water partition coefficient (Wildman–Crippen LogP) is 4.34. The van der Waals surface area contributed by atoms with Crippen LogP contribution in [-0.2, 0) is 13.1 Å². The average molecular weight is 409 g/mol. The Hall–Kier alpha value is -3.88. The maximum atomic E-state index is 13.3. The van der Waals surface area contributed by atoms with Gasteiger partial charge in [-0.15, -0.1) is 0 Å². The second kappa shape index (κ2) is 9.29. The van der Waals surface area contributed by atoms with E-state index in [4.69, 9.17) is 4.74 Å². The molecule has 0 bridgehead atoms. The Bertz CT molecular complexity index is 1290. The van der Waals surface area contributed by atoms with Crippen LogP contribution in [0.2, 0.25) is 0 Å². The van der Waals surface area contributed by atoms with Gasteiger partial charge < -0.3 is 10.1 Å². The van der Waals surface area contributed by atoms with Crippen LogP contribution in [0.3, 0.4) is 0 Å². The number of hydrogen-bond acceptors (Lipinski definition) is 4. The minimum atomic E-state index is -0.171. The molecule has 1 N–H and O–H groups in total. The number of rotatable bonds is 7. The van der Waals surface area contributed by atoms with E-state index in [1.165, 1.54) is 5.56 Å². The molecule has 154 valence electrons. The summed E-state index contributed by atoms with van der Waals surface area (Å²) in [5, 5.41) is 14.7. The summed E-state index contributed by atoms with van der Waals surface area (Å²) < 4.78 is 6.96. The van der Waals surface area contributed by atoms with Crippen LogP contribution in [0.25, 0.3) is 21.9 Å². The molecule has 4 aromatic rings. The molecule has 3 aromatic carbocycles. The van der Waals surface area contributed by atoms with Gasteiger partial charge in [0.2, 0.25) is 0 Å². The zero-order valence-corrected chi connectivity index (χ0v) is 17.3. The van der Waals surface area contributed by atoms with E-state index in [1.807, 2.05) is 54.6 Å². The lowest BCUT2D eigenvalue weighted by Gasteiger charge is -2.17. The maximum Gasteiger partial charge on any atom is 0.259 e. The van der Waals surface area contributed by atoms with Gasteiger partial charge in [0, 0.05) is 36.0 Å². The smallest absolute Gasteiger partial charge is 0.259 e. The predicted molar refractivity (Wildman–Crippen MR) is 123 cm³/mol. The quantitative estimate of drug-likeness (QED) is 0.461. The van der Waals surface area contributed by atoms with Crippen LogP contribution < -0.4 is 15.6 Å². The highest BCUT2D eigenvalue weighted by Gasteiger charge is 2.18. The molecule has 0 spiro atoms. The molecular formula is C26H23N3O2. The van der Waals surface area contributed by atoms with E-state index in [1.54, 1.807) is 23.8 Å². The van der Waals surface area contributed by atoms with Crippen molar-refractivity contribution < 1.29 is 4.74 Å². The fourth-order valence-corrected chi connectivity index (χ4v) is 3.80. The molecule has 1 aromatic heterocycles. The third-order valence-corrected chi connectivity index (χ3v) is 5.33. The van der Waals surface area contributed by atoms with Crippen LogP contribution in [0, 0.1) is 11.3 Å². The lowest BCUT2D eigenvalue weighted by molar-refractivity contribution is 0.415. The Kier molecular flexibility index (Phi) is 6.11. The molecule has 0 aliphatic heterocycles. The summed E-state index contributed by atoms with van der Waals surface area (Å²) in [7, 11) is 1.59. The van der Waals surface area contributed by atoms with Gasteiger partial charge in [-0.25, -0.2) is 0 Å². The van der Waals surface area contributed by atoms with Gasteiger partial charge in [-0.3, -0.25) is 9.36 Å². The van der Waals surface area contributed by atoms with Crippen LogP contribution in [0.5, 0.6) is 5.75 Å². The van der Waals surface area contributed by atoms with Crippen molar-refractivity contribution in [2.24, 2.45) is 0 Å². The van der Waals surface area contributed by atoms with E-state index >= 15 is 0 Å². The number of ether oxygens (including phenoxy) is 1. The number of fused-ring (bicyclic) bond motifs is 1. The largest absolute Gasteiger partial charge is 0.497 e. The molecule has 5 nitrogen and oxygen atoms in total. The lowest BCUT2D eigenvalue weighted by Crippen LogP contribution is -2.29. The molecule has 31 heavy (non-hydrogen) atoms.